The maximum atomic E-state index is 13.3. The average Bonchev–Trinajstić information content (AvgIpc) is 2.88. The van der Waals surface area contributed by atoms with Gasteiger partial charge in [-0.05, 0) is 39.0 Å². The third kappa shape index (κ3) is 4.47. The van der Waals surface area contributed by atoms with Crippen molar-refractivity contribution >= 4 is 33.6 Å². The SMILES string of the molecule is CC(C)(C)OC(=O)N1CCN(C(=O)Cn2sc3cc(F)ccc3c2=O)CC1. The van der Waals surface area contributed by atoms with E-state index in [2.05, 4.69) is 0 Å². The second-order valence-corrected chi connectivity index (χ2v) is 8.48. The van der Waals surface area contributed by atoms with Crippen LogP contribution in [0.15, 0.2) is 23.0 Å². The predicted molar refractivity (Wildman–Crippen MR) is 100 cm³/mol. The zero-order valence-electron chi connectivity index (χ0n) is 15.5. The number of rotatable bonds is 2. The van der Waals surface area contributed by atoms with Gasteiger partial charge >= 0.3 is 6.09 Å². The second-order valence-electron chi connectivity index (χ2n) is 7.42. The average molecular weight is 395 g/mol. The van der Waals surface area contributed by atoms with E-state index in [9.17, 15) is 18.8 Å². The Morgan fingerprint density at radius 3 is 2.41 bits per heavy atom. The molecule has 0 spiro atoms. The maximum Gasteiger partial charge on any atom is 0.410 e. The molecule has 0 unspecified atom stereocenters. The van der Waals surface area contributed by atoms with Crippen LogP contribution in [-0.2, 0) is 16.1 Å². The first-order valence-corrected chi connectivity index (χ1v) is 9.46. The Morgan fingerprint density at radius 1 is 1.15 bits per heavy atom. The number of benzene rings is 1. The van der Waals surface area contributed by atoms with Crippen LogP contribution in [0.4, 0.5) is 9.18 Å². The fraction of sp³-hybridized carbons (Fsp3) is 0.500. The van der Waals surface area contributed by atoms with Crippen molar-refractivity contribution in [1.82, 2.24) is 13.8 Å². The first-order chi connectivity index (χ1) is 12.6. The quantitative estimate of drug-likeness (QED) is 0.782. The lowest BCUT2D eigenvalue weighted by Gasteiger charge is -2.35. The number of nitrogens with zero attached hydrogens (tertiary/aromatic N) is 3. The minimum atomic E-state index is -0.564. The number of halogens is 1. The molecule has 2 heterocycles. The standard InChI is InChI=1S/C18H22FN3O4S/c1-18(2,3)26-17(25)21-8-6-20(7-9-21)15(23)11-22-16(24)13-5-4-12(19)10-14(13)27-22/h4-5,10H,6-9,11H2,1-3H3. The van der Waals surface area contributed by atoms with Gasteiger partial charge in [-0.15, -0.1) is 0 Å². The fourth-order valence-electron chi connectivity index (χ4n) is 2.83. The van der Waals surface area contributed by atoms with Gasteiger partial charge in [0.1, 0.15) is 18.0 Å². The Labute approximate surface area is 160 Å². The third-order valence-corrected chi connectivity index (χ3v) is 5.22. The molecule has 1 fully saturated rings. The van der Waals surface area contributed by atoms with Gasteiger partial charge in [0.25, 0.3) is 5.56 Å². The molecule has 3 rings (SSSR count). The molecule has 1 saturated heterocycles. The van der Waals surface area contributed by atoms with Crippen molar-refractivity contribution in [2.45, 2.75) is 32.9 Å². The number of amides is 2. The molecule has 1 aromatic heterocycles. The summed E-state index contributed by atoms with van der Waals surface area (Å²) in [5.41, 5.74) is -0.859. The van der Waals surface area contributed by atoms with Crippen molar-refractivity contribution in [3.63, 3.8) is 0 Å². The molecule has 1 aliphatic heterocycles. The molecule has 1 aliphatic rings. The zero-order valence-corrected chi connectivity index (χ0v) is 16.3. The van der Waals surface area contributed by atoms with Crippen LogP contribution in [0.1, 0.15) is 20.8 Å². The van der Waals surface area contributed by atoms with Crippen molar-refractivity contribution in [2.24, 2.45) is 0 Å². The first kappa shape index (κ1) is 19.3. The van der Waals surface area contributed by atoms with Gasteiger partial charge in [0.05, 0.1) is 10.1 Å². The molecular weight excluding hydrogens is 373 g/mol. The minimum Gasteiger partial charge on any atom is -0.444 e. The molecule has 0 bridgehead atoms. The lowest BCUT2D eigenvalue weighted by Crippen LogP contribution is -2.52. The van der Waals surface area contributed by atoms with E-state index in [-0.39, 0.29) is 18.0 Å². The van der Waals surface area contributed by atoms with Crippen molar-refractivity contribution in [3.05, 3.63) is 34.4 Å². The van der Waals surface area contributed by atoms with Crippen molar-refractivity contribution in [2.75, 3.05) is 26.2 Å². The minimum absolute atomic E-state index is 0.0910. The number of carbonyl (C=O) groups excluding carboxylic acids is 2. The van der Waals surface area contributed by atoms with Gasteiger partial charge < -0.3 is 14.5 Å². The van der Waals surface area contributed by atoms with Crippen LogP contribution in [0, 0.1) is 5.82 Å². The normalized spacial score (nSPS) is 15.3. The summed E-state index contributed by atoms with van der Waals surface area (Å²) in [6.45, 7) is 6.85. The molecule has 0 N–H and O–H groups in total. The van der Waals surface area contributed by atoms with E-state index < -0.39 is 17.5 Å². The summed E-state index contributed by atoms with van der Waals surface area (Å²) < 4.78 is 20.5. The maximum absolute atomic E-state index is 13.3. The van der Waals surface area contributed by atoms with E-state index in [0.29, 0.717) is 36.3 Å². The van der Waals surface area contributed by atoms with Gasteiger partial charge in [0.2, 0.25) is 5.91 Å². The molecular formula is C18H22FN3O4S. The number of hydrogen-bond donors (Lipinski definition) is 0. The molecule has 1 aromatic carbocycles. The fourth-order valence-corrected chi connectivity index (χ4v) is 3.85. The van der Waals surface area contributed by atoms with E-state index in [0.717, 1.165) is 11.5 Å². The van der Waals surface area contributed by atoms with Crippen LogP contribution in [0.5, 0.6) is 0 Å². The number of carbonyl (C=O) groups is 2. The summed E-state index contributed by atoms with van der Waals surface area (Å²) >= 11 is 1.07. The van der Waals surface area contributed by atoms with Crippen molar-refractivity contribution in [1.29, 1.82) is 0 Å². The number of piperazine rings is 1. The number of aromatic nitrogens is 1. The number of ether oxygens (including phenoxy) is 1. The van der Waals surface area contributed by atoms with Crippen molar-refractivity contribution in [3.8, 4) is 0 Å². The van der Waals surface area contributed by atoms with Gasteiger partial charge in [0.15, 0.2) is 0 Å². The topological polar surface area (TPSA) is 71.8 Å². The second kappa shape index (κ2) is 7.30. The van der Waals surface area contributed by atoms with E-state index >= 15 is 0 Å². The van der Waals surface area contributed by atoms with E-state index in [1.165, 1.54) is 22.2 Å². The third-order valence-electron chi connectivity index (χ3n) is 4.17. The Bertz CT molecular complexity index is 923. The molecule has 0 aliphatic carbocycles. The van der Waals surface area contributed by atoms with Gasteiger partial charge in [0, 0.05) is 26.2 Å². The molecule has 0 radical (unpaired) electrons. The highest BCUT2D eigenvalue weighted by Crippen LogP contribution is 2.18. The summed E-state index contributed by atoms with van der Waals surface area (Å²) in [6, 6.07) is 3.96. The van der Waals surface area contributed by atoms with Gasteiger partial charge in [-0.25, -0.2) is 9.18 Å². The summed E-state index contributed by atoms with van der Waals surface area (Å²) in [5, 5.41) is 0.406. The Hall–Kier alpha value is -2.42. The molecule has 7 nitrogen and oxygen atoms in total. The van der Waals surface area contributed by atoms with Crippen LogP contribution in [0.3, 0.4) is 0 Å². The zero-order chi connectivity index (χ0) is 19.8. The van der Waals surface area contributed by atoms with Gasteiger partial charge in [-0.1, -0.05) is 11.5 Å². The van der Waals surface area contributed by atoms with Crippen LogP contribution in [0.25, 0.3) is 10.1 Å². The Morgan fingerprint density at radius 2 is 1.78 bits per heavy atom. The number of hydrogen-bond acceptors (Lipinski definition) is 5. The first-order valence-electron chi connectivity index (χ1n) is 8.69. The Balaban J connectivity index is 1.61. The molecule has 27 heavy (non-hydrogen) atoms. The highest BCUT2D eigenvalue weighted by atomic mass is 32.1. The summed E-state index contributed by atoms with van der Waals surface area (Å²) in [6.07, 6.45) is -0.391. The van der Waals surface area contributed by atoms with Crippen molar-refractivity contribution < 1.29 is 18.7 Å². The molecule has 0 atom stereocenters. The van der Waals surface area contributed by atoms with Crippen LogP contribution in [-0.4, -0.2) is 57.5 Å². The van der Waals surface area contributed by atoms with Crippen LogP contribution < -0.4 is 5.56 Å². The Kier molecular flexibility index (Phi) is 5.23. The number of fused-ring (bicyclic) bond motifs is 1. The highest BCUT2D eigenvalue weighted by molar-refractivity contribution is 7.13. The summed E-state index contributed by atoms with van der Waals surface area (Å²) in [7, 11) is 0. The van der Waals surface area contributed by atoms with Crippen LogP contribution >= 0.6 is 11.5 Å². The van der Waals surface area contributed by atoms with E-state index in [1.54, 1.807) is 30.6 Å². The monoisotopic (exact) mass is 395 g/mol. The lowest BCUT2D eigenvalue weighted by atomic mass is 10.2. The largest absolute Gasteiger partial charge is 0.444 e. The highest BCUT2D eigenvalue weighted by Gasteiger charge is 2.28. The summed E-state index contributed by atoms with van der Waals surface area (Å²) in [5.74, 6) is -0.617. The molecule has 2 amide bonds. The molecule has 146 valence electrons. The molecule has 2 aromatic rings. The van der Waals surface area contributed by atoms with Gasteiger partial charge in [-0.3, -0.25) is 13.5 Å². The summed E-state index contributed by atoms with van der Waals surface area (Å²) in [4.78, 5) is 40.2. The van der Waals surface area contributed by atoms with E-state index in [4.69, 9.17) is 4.74 Å². The van der Waals surface area contributed by atoms with Crippen LogP contribution in [0.2, 0.25) is 0 Å². The van der Waals surface area contributed by atoms with Gasteiger partial charge in [-0.2, -0.15) is 0 Å². The lowest BCUT2D eigenvalue weighted by molar-refractivity contribution is -0.133. The molecule has 9 heteroatoms. The predicted octanol–water partition coefficient (Wildman–Crippen LogP) is 2.28. The smallest absolute Gasteiger partial charge is 0.410 e. The van der Waals surface area contributed by atoms with E-state index in [1.807, 2.05) is 0 Å². The molecule has 0 saturated carbocycles.